The molecular formula is C14H15N3O3. The van der Waals surface area contributed by atoms with Gasteiger partial charge in [-0.05, 0) is 11.6 Å². The first-order chi connectivity index (χ1) is 9.66. The fourth-order valence-electron chi connectivity index (χ4n) is 1.85. The van der Waals surface area contributed by atoms with Crippen molar-refractivity contribution in [3.05, 3.63) is 64.3 Å². The van der Waals surface area contributed by atoms with Crippen LogP contribution in [0.15, 0.2) is 48.7 Å². The minimum Gasteiger partial charge on any atom is -0.391 e. The van der Waals surface area contributed by atoms with Crippen LogP contribution in [0, 0.1) is 10.1 Å². The number of hydrogen-bond acceptors (Lipinski definition) is 5. The number of anilines is 1. The summed E-state index contributed by atoms with van der Waals surface area (Å²) in [7, 11) is 0. The third-order valence-electron chi connectivity index (χ3n) is 2.80. The summed E-state index contributed by atoms with van der Waals surface area (Å²) < 4.78 is 0. The summed E-state index contributed by atoms with van der Waals surface area (Å²) in [6.07, 6.45) is 1.31. The number of hydrogen-bond donors (Lipinski definition) is 2. The number of nitrogens with zero attached hydrogens (tertiary/aromatic N) is 2. The van der Waals surface area contributed by atoms with E-state index in [1.807, 2.05) is 30.3 Å². The van der Waals surface area contributed by atoms with Crippen LogP contribution in [0.2, 0.25) is 0 Å². The molecule has 0 bridgehead atoms. The van der Waals surface area contributed by atoms with Gasteiger partial charge in [0.25, 0.3) is 0 Å². The number of nitrogens with one attached hydrogen (secondary N) is 1. The van der Waals surface area contributed by atoms with Crippen LogP contribution in [0.5, 0.6) is 0 Å². The van der Waals surface area contributed by atoms with Gasteiger partial charge in [-0.2, -0.15) is 0 Å². The molecule has 1 aromatic heterocycles. The number of benzene rings is 1. The van der Waals surface area contributed by atoms with E-state index in [1.54, 1.807) is 0 Å². The van der Waals surface area contributed by atoms with Crippen molar-refractivity contribution in [3.8, 4) is 0 Å². The molecule has 1 heterocycles. The molecule has 0 radical (unpaired) electrons. The third kappa shape index (κ3) is 3.76. The van der Waals surface area contributed by atoms with E-state index in [-0.39, 0.29) is 18.1 Å². The Morgan fingerprint density at radius 3 is 2.70 bits per heavy atom. The van der Waals surface area contributed by atoms with E-state index in [0.717, 1.165) is 5.56 Å². The zero-order valence-corrected chi connectivity index (χ0v) is 10.8. The number of aliphatic hydroxyl groups is 1. The maximum Gasteiger partial charge on any atom is 0.311 e. The van der Waals surface area contributed by atoms with E-state index in [0.29, 0.717) is 6.42 Å². The highest BCUT2D eigenvalue weighted by Gasteiger charge is 2.15. The smallest absolute Gasteiger partial charge is 0.311 e. The number of rotatable bonds is 6. The molecule has 1 atom stereocenters. The first-order valence-electron chi connectivity index (χ1n) is 6.22. The molecule has 2 rings (SSSR count). The lowest BCUT2D eigenvalue weighted by molar-refractivity contribution is -0.384. The molecule has 104 valence electrons. The van der Waals surface area contributed by atoms with Crippen LogP contribution in [0.1, 0.15) is 5.56 Å². The molecule has 0 aliphatic rings. The molecule has 20 heavy (non-hydrogen) atoms. The molecule has 1 unspecified atom stereocenters. The van der Waals surface area contributed by atoms with Crippen molar-refractivity contribution in [1.29, 1.82) is 0 Å². The molecule has 6 heteroatoms. The molecular weight excluding hydrogens is 258 g/mol. The number of aliphatic hydroxyl groups excluding tert-OH is 1. The van der Waals surface area contributed by atoms with Crippen LogP contribution in [0.3, 0.4) is 0 Å². The minimum absolute atomic E-state index is 0.0978. The van der Waals surface area contributed by atoms with E-state index < -0.39 is 11.0 Å². The maximum atomic E-state index is 10.8. The predicted octanol–water partition coefficient (Wildman–Crippen LogP) is 2.01. The van der Waals surface area contributed by atoms with Crippen LogP contribution >= 0.6 is 0 Å². The van der Waals surface area contributed by atoms with Gasteiger partial charge < -0.3 is 10.4 Å². The summed E-state index contributed by atoms with van der Waals surface area (Å²) in [5.41, 5.74) is 0.914. The average Bonchev–Trinajstić information content (AvgIpc) is 2.46. The fourth-order valence-corrected chi connectivity index (χ4v) is 1.85. The van der Waals surface area contributed by atoms with E-state index >= 15 is 0 Å². The highest BCUT2D eigenvalue weighted by atomic mass is 16.6. The normalized spacial score (nSPS) is 11.8. The van der Waals surface area contributed by atoms with Gasteiger partial charge in [0.1, 0.15) is 0 Å². The average molecular weight is 273 g/mol. The van der Waals surface area contributed by atoms with Gasteiger partial charge in [-0.25, -0.2) is 4.98 Å². The van der Waals surface area contributed by atoms with Gasteiger partial charge in [-0.3, -0.25) is 10.1 Å². The number of nitro groups is 1. The van der Waals surface area contributed by atoms with Gasteiger partial charge in [-0.15, -0.1) is 0 Å². The van der Waals surface area contributed by atoms with Crippen molar-refractivity contribution in [1.82, 2.24) is 4.98 Å². The molecule has 0 amide bonds. The van der Waals surface area contributed by atoms with Gasteiger partial charge in [0, 0.05) is 25.2 Å². The van der Waals surface area contributed by atoms with Crippen molar-refractivity contribution < 1.29 is 10.0 Å². The highest BCUT2D eigenvalue weighted by molar-refractivity contribution is 5.55. The third-order valence-corrected chi connectivity index (χ3v) is 2.80. The Balaban J connectivity index is 1.94. The van der Waals surface area contributed by atoms with E-state index in [2.05, 4.69) is 10.3 Å². The molecule has 0 fully saturated rings. The van der Waals surface area contributed by atoms with Crippen molar-refractivity contribution in [3.63, 3.8) is 0 Å². The fraction of sp³-hybridized carbons (Fsp3) is 0.214. The lowest BCUT2D eigenvalue weighted by Crippen LogP contribution is -2.22. The lowest BCUT2D eigenvalue weighted by atomic mass is 10.1. The molecule has 0 saturated carbocycles. The standard InChI is InChI=1S/C14H15N3O3/c18-12(9-11-5-2-1-3-6-11)10-16-14-13(17(19)20)7-4-8-15-14/h1-8,12,18H,9-10H2,(H,15,16). The molecule has 0 spiro atoms. The first-order valence-corrected chi connectivity index (χ1v) is 6.22. The number of pyridine rings is 1. The second-order valence-electron chi connectivity index (χ2n) is 4.35. The van der Waals surface area contributed by atoms with Gasteiger partial charge in [-0.1, -0.05) is 30.3 Å². The molecule has 0 saturated heterocycles. The Labute approximate surface area is 116 Å². The zero-order valence-electron chi connectivity index (χ0n) is 10.8. The summed E-state index contributed by atoms with van der Waals surface area (Å²) in [4.78, 5) is 14.2. The van der Waals surface area contributed by atoms with Crippen molar-refractivity contribution in [2.75, 3.05) is 11.9 Å². The Morgan fingerprint density at radius 2 is 2.00 bits per heavy atom. The predicted molar refractivity (Wildman–Crippen MR) is 75.5 cm³/mol. The monoisotopic (exact) mass is 273 g/mol. The molecule has 1 aromatic carbocycles. The molecule has 6 nitrogen and oxygen atoms in total. The molecule has 0 aliphatic heterocycles. The van der Waals surface area contributed by atoms with Gasteiger partial charge >= 0.3 is 5.69 Å². The summed E-state index contributed by atoms with van der Waals surface area (Å²) in [5, 5.41) is 23.6. The van der Waals surface area contributed by atoms with Crippen LogP contribution < -0.4 is 5.32 Å². The minimum atomic E-state index is -0.640. The van der Waals surface area contributed by atoms with Gasteiger partial charge in [0.05, 0.1) is 11.0 Å². The Bertz CT molecular complexity index is 575. The molecule has 2 N–H and O–H groups in total. The van der Waals surface area contributed by atoms with Gasteiger partial charge in [0.15, 0.2) is 0 Å². The summed E-state index contributed by atoms with van der Waals surface area (Å²) >= 11 is 0. The van der Waals surface area contributed by atoms with E-state index in [9.17, 15) is 15.2 Å². The van der Waals surface area contributed by atoms with Crippen LogP contribution in [-0.2, 0) is 6.42 Å². The first kappa shape index (κ1) is 14.0. The Morgan fingerprint density at radius 1 is 1.25 bits per heavy atom. The molecule has 0 aliphatic carbocycles. The largest absolute Gasteiger partial charge is 0.391 e. The topological polar surface area (TPSA) is 88.3 Å². The van der Waals surface area contributed by atoms with Crippen LogP contribution in [0.25, 0.3) is 0 Å². The number of aromatic nitrogens is 1. The Kier molecular flexibility index (Phi) is 4.62. The van der Waals surface area contributed by atoms with Crippen molar-refractivity contribution in [2.24, 2.45) is 0 Å². The summed E-state index contributed by atoms with van der Waals surface area (Å²) in [6, 6.07) is 12.4. The SMILES string of the molecule is O=[N+]([O-])c1cccnc1NCC(O)Cc1ccccc1. The highest BCUT2D eigenvalue weighted by Crippen LogP contribution is 2.20. The summed E-state index contributed by atoms with van der Waals surface area (Å²) in [6.45, 7) is 0.201. The second-order valence-corrected chi connectivity index (χ2v) is 4.35. The quantitative estimate of drug-likeness (QED) is 0.621. The second kappa shape index (κ2) is 6.63. The Hall–Kier alpha value is -2.47. The van der Waals surface area contributed by atoms with Crippen molar-refractivity contribution >= 4 is 11.5 Å². The van der Waals surface area contributed by atoms with Crippen molar-refractivity contribution in [2.45, 2.75) is 12.5 Å². The zero-order chi connectivity index (χ0) is 14.4. The van der Waals surface area contributed by atoms with Crippen LogP contribution in [0.4, 0.5) is 11.5 Å². The summed E-state index contributed by atoms with van der Waals surface area (Å²) in [5.74, 6) is 0.171. The van der Waals surface area contributed by atoms with E-state index in [1.165, 1.54) is 18.3 Å². The van der Waals surface area contributed by atoms with E-state index in [4.69, 9.17) is 0 Å². The van der Waals surface area contributed by atoms with Gasteiger partial charge in [0.2, 0.25) is 5.82 Å². The molecule has 2 aromatic rings. The van der Waals surface area contributed by atoms with Crippen LogP contribution in [-0.4, -0.2) is 27.7 Å². The lowest BCUT2D eigenvalue weighted by Gasteiger charge is -2.12. The maximum absolute atomic E-state index is 10.8.